The lowest BCUT2D eigenvalue weighted by Gasteiger charge is -2.14. The molecular formula is C20H13ClF3N5O4S. The quantitative estimate of drug-likeness (QED) is 0.361. The molecule has 4 aromatic rings. The van der Waals surface area contributed by atoms with E-state index in [0.29, 0.717) is 0 Å². The van der Waals surface area contributed by atoms with E-state index in [4.69, 9.17) is 22.1 Å². The van der Waals surface area contributed by atoms with Gasteiger partial charge in [0.15, 0.2) is 16.5 Å². The van der Waals surface area contributed by atoms with Crippen molar-refractivity contribution < 1.29 is 31.1 Å². The van der Waals surface area contributed by atoms with Crippen LogP contribution >= 0.6 is 11.6 Å². The van der Waals surface area contributed by atoms with E-state index >= 15 is 8.78 Å². The number of hydrogen-bond acceptors (Lipinski definition) is 6. The summed E-state index contributed by atoms with van der Waals surface area (Å²) < 4.78 is 77.6. The van der Waals surface area contributed by atoms with Gasteiger partial charge >= 0.3 is 0 Å². The molecule has 0 aliphatic heterocycles. The number of amides is 1. The van der Waals surface area contributed by atoms with Crippen LogP contribution in [0.15, 0.2) is 41.4 Å². The minimum absolute atomic E-state index is 0.00646. The zero-order chi connectivity index (χ0) is 24.8. The first kappa shape index (κ1) is 23.3. The molecule has 2 aromatic heterocycles. The summed E-state index contributed by atoms with van der Waals surface area (Å²) in [5.74, 6) is -4.96. The summed E-state index contributed by atoms with van der Waals surface area (Å²) in [6.07, 6.45) is 1.15. The molecule has 0 bridgehead atoms. The van der Waals surface area contributed by atoms with E-state index in [9.17, 15) is 17.6 Å². The number of anilines is 1. The van der Waals surface area contributed by atoms with E-state index in [0.717, 1.165) is 30.5 Å². The fraction of sp³-hybridized carbons (Fsp3) is 0.0500. The predicted octanol–water partition coefficient (Wildman–Crippen LogP) is 3.60. The molecule has 4 rings (SSSR count). The molecule has 0 spiro atoms. The van der Waals surface area contributed by atoms with Crippen molar-refractivity contribution in [1.82, 2.24) is 15.2 Å². The normalized spacial score (nSPS) is 11.6. The van der Waals surface area contributed by atoms with Gasteiger partial charge in [-0.25, -0.2) is 26.6 Å². The smallest absolute Gasteiger partial charge is 0.267 e. The lowest BCUT2D eigenvalue weighted by atomic mass is 10.0. The number of hydrogen-bond donors (Lipinski definition) is 3. The number of sulfonamides is 1. The fourth-order valence-corrected chi connectivity index (χ4v) is 4.69. The molecule has 14 heteroatoms. The lowest BCUT2D eigenvalue weighted by Crippen LogP contribution is -2.16. The van der Waals surface area contributed by atoms with Crippen molar-refractivity contribution in [2.24, 2.45) is 5.73 Å². The highest BCUT2D eigenvalue weighted by molar-refractivity contribution is 7.92. The maximum absolute atomic E-state index is 15.3. The first-order valence-corrected chi connectivity index (χ1v) is 11.1. The minimum Gasteiger partial charge on any atom is -0.480 e. The van der Waals surface area contributed by atoms with Crippen molar-refractivity contribution in [3.05, 3.63) is 64.7 Å². The van der Waals surface area contributed by atoms with E-state index in [-0.39, 0.29) is 27.5 Å². The van der Waals surface area contributed by atoms with Gasteiger partial charge < -0.3 is 10.5 Å². The number of benzene rings is 2. The molecule has 1 amide bonds. The Balaban J connectivity index is 1.83. The molecule has 0 aliphatic rings. The first-order valence-electron chi connectivity index (χ1n) is 9.22. The Morgan fingerprint density at radius 3 is 2.59 bits per heavy atom. The summed E-state index contributed by atoms with van der Waals surface area (Å²) in [4.78, 5) is 14.7. The number of ether oxygens (including phenoxy) is 1. The van der Waals surface area contributed by atoms with Crippen LogP contribution in [0.1, 0.15) is 10.5 Å². The SMILES string of the molecule is COc1ncc(Cl)cc1S(=O)(=O)Nc1ccc(F)c(-c2ccc3c(C(N)=O)[nH]nc3c2F)c1F. The summed E-state index contributed by atoms with van der Waals surface area (Å²) in [5.41, 5.74) is 2.51. The summed E-state index contributed by atoms with van der Waals surface area (Å²) in [5, 5.41) is 5.88. The number of aromatic nitrogens is 3. The largest absolute Gasteiger partial charge is 0.480 e. The van der Waals surface area contributed by atoms with Crippen LogP contribution in [0.25, 0.3) is 22.0 Å². The minimum atomic E-state index is -4.51. The van der Waals surface area contributed by atoms with Gasteiger partial charge in [-0.15, -0.1) is 0 Å². The first-order chi connectivity index (χ1) is 16.0. The highest BCUT2D eigenvalue weighted by atomic mass is 35.5. The van der Waals surface area contributed by atoms with Crippen LogP contribution in [0, 0.1) is 17.5 Å². The summed E-state index contributed by atoms with van der Waals surface area (Å²) in [6, 6.07) is 4.83. The molecule has 34 heavy (non-hydrogen) atoms. The van der Waals surface area contributed by atoms with Gasteiger partial charge in [-0.1, -0.05) is 17.7 Å². The molecule has 0 radical (unpaired) electrons. The van der Waals surface area contributed by atoms with Crippen molar-refractivity contribution in [2.45, 2.75) is 4.90 Å². The van der Waals surface area contributed by atoms with Gasteiger partial charge in [0.05, 0.1) is 23.4 Å². The Kier molecular flexibility index (Phi) is 5.83. The number of pyridine rings is 1. The second-order valence-corrected chi connectivity index (χ2v) is 8.92. The van der Waals surface area contributed by atoms with Gasteiger partial charge in [-0.2, -0.15) is 5.10 Å². The fourth-order valence-electron chi connectivity index (χ4n) is 3.26. The van der Waals surface area contributed by atoms with Crippen molar-refractivity contribution in [3.8, 4) is 17.0 Å². The second-order valence-electron chi connectivity index (χ2n) is 6.84. The topological polar surface area (TPSA) is 140 Å². The molecule has 0 saturated heterocycles. The van der Waals surface area contributed by atoms with E-state index in [1.807, 2.05) is 4.72 Å². The average molecular weight is 512 g/mol. The van der Waals surface area contributed by atoms with Gasteiger partial charge in [0, 0.05) is 17.1 Å². The van der Waals surface area contributed by atoms with Gasteiger partial charge in [-0.3, -0.25) is 14.6 Å². The molecule has 0 saturated carbocycles. The molecule has 2 aromatic carbocycles. The summed E-state index contributed by atoms with van der Waals surface area (Å²) in [7, 11) is -3.34. The molecule has 9 nitrogen and oxygen atoms in total. The highest BCUT2D eigenvalue weighted by Gasteiger charge is 2.27. The maximum Gasteiger partial charge on any atom is 0.267 e. The monoisotopic (exact) mass is 511 g/mol. The number of halogens is 4. The third kappa shape index (κ3) is 3.88. The number of nitrogens with zero attached hydrogens (tertiary/aromatic N) is 2. The zero-order valence-corrected chi connectivity index (χ0v) is 18.6. The summed E-state index contributed by atoms with van der Waals surface area (Å²) in [6.45, 7) is 0. The Hall–Kier alpha value is -3.84. The van der Waals surface area contributed by atoms with Crippen LogP contribution in [0.5, 0.6) is 5.88 Å². The van der Waals surface area contributed by atoms with Crippen LogP contribution in [0.4, 0.5) is 18.9 Å². The molecule has 0 aliphatic carbocycles. The number of carbonyl (C=O) groups excluding carboxylic acids is 1. The molecule has 0 fully saturated rings. The third-order valence-corrected chi connectivity index (χ3v) is 6.35. The second kappa shape index (κ2) is 8.50. The molecule has 2 heterocycles. The Bertz CT molecular complexity index is 1580. The number of H-pyrrole nitrogens is 1. The Morgan fingerprint density at radius 1 is 1.18 bits per heavy atom. The number of aromatic amines is 1. The lowest BCUT2D eigenvalue weighted by molar-refractivity contribution is 0.0997. The van der Waals surface area contributed by atoms with E-state index in [1.54, 1.807) is 0 Å². The summed E-state index contributed by atoms with van der Waals surface area (Å²) >= 11 is 5.81. The number of nitrogens with one attached hydrogen (secondary N) is 2. The molecule has 0 unspecified atom stereocenters. The van der Waals surface area contributed by atoms with Crippen LogP contribution in [0.2, 0.25) is 5.02 Å². The molecule has 4 N–H and O–H groups in total. The van der Waals surface area contributed by atoms with Gasteiger partial charge in [0.25, 0.3) is 15.9 Å². The van der Waals surface area contributed by atoms with E-state index in [2.05, 4.69) is 15.2 Å². The number of primary amides is 1. The number of methoxy groups -OCH3 is 1. The van der Waals surface area contributed by atoms with Crippen molar-refractivity contribution in [2.75, 3.05) is 11.8 Å². The van der Waals surface area contributed by atoms with Crippen molar-refractivity contribution >= 4 is 44.1 Å². The van der Waals surface area contributed by atoms with Crippen LogP contribution in [-0.4, -0.2) is 36.6 Å². The Labute approximate surface area is 194 Å². The maximum atomic E-state index is 15.3. The molecule has 0 atom stereocenters. The number of rotatable bonds is 6. The number of nitrogens with two attached hydrogens (primary N) is 1. The number of fused-ring (bicyclic) bond motifs is 1. The van der Waals surface area contributed by atoms with Crippen LogP contribution < -0.4 is 15.2 Å². The van der Waals surface area contributed by atoms with Crippen molar-refractivity contribution in [1.29, 1.82) is 0 Å². The van der Waals surface area contributed by atoms with Crippen molar-refractivity contribution in [3.63, 3.8) is 0 Å². The number of carbonyl (C=O) groups is 1. The third-order valence-electron chi connectivity index (χ3n) is 4.78. The molecular weight excluding hydrogens is 499 g/mol. The van der Waals surface area contributed by atoms with Gasteiger partial charge in [0.2, 0.25) is 5.88 Å². The van der Waals surface area contributed by atoms with E-state index in [1.165, 1.54) is 13.2 Å². The Morgan fingerprint density at radius 2 is 1.91 bits per heavy atom. The highest BCUT2D eigenvalue weighted by Crippen LogP contribution is 2.36. The predicted molar refractivity (Wildman–Crippen MR) is 117 cm³/mol. The van der Waals surface area contributed by atoms with Crippen LogP contribution in [-0.2, 0) is 10.0 Å². The standard InChI is InChI=1S/C20H13ClF3N5O4S/c1-33-20-13(6-8(21)7-26-20)34(31,32)29-12-5-4-11(22)14(16(12)24)9-2-3-10-17(15(9)23)27-28-18(10)19(25)30/h2-7,29H,1H3,(H2,25,30)(H,27,28). The van der Waals surface area contributed by atoms with Gasteiger partial charge in [-0.05, 0) is 24.3 Å². The van der Waals surface area contributed by atoms with Gasteiger partial charge in [0.1, 0.15) is 17.0 Å². The molecule has 176 valence electrons. The van der Waals surface area contributed by atoms with E-state index < -0.39 is 55.1 Å². The average Bonchev–Trinajstić information content (AvgIpc) is 3.22. The zero-order valence-electron chi connectivity index (χ0n) is 17.0. The van der Waals surface area contributed by atoms with Crippen LogP contribution in [0.3, 0.4) is 0 Å².